The molecule has 1 unspecified atom stereocenters. The SMILES string of the molecule is CC(C)N(CCNS(=O)(=O)CC1CCCCN1)C(C)C. The molecule has 0 aromatic rings. The van der Waals surface area contributed by atoms with Crippen molar-refractivity contribution in [3.8, 4) is 0 Å². The Hall–Kier alpha value is -0.170. The number of rotatable bonds is 8. The molecule has 2 N–H and O–H groups in total. The van der Waals surface area contributed by atoms with Crippen molar-refractivity contribution in [1.82, 2.24) is 14.9 Å². The highest BCUT2D eigenvalue weighted by Crippen LogP contribution is 2.09. The third-order valence-corrected chi connectivity index (χ3v) is 5.34. The third kappa shape index (κ3) is 6.52. The fraction of sp³-hybridized carbons (Fsp3) is 1.00. The van der Waals surface area contributed by atoms with Crippen molar-refractivity contribution in [3.63, 3.8) is 0 Å². The molecule has 1 rings (SSSR count). The quantitative estimate of drug-likeness (QED) is 0.706. The standard InChI is InChI=1S/C14H31N3O2S/c1-12(2)17(13(3)4)10-9-16-20(18,19)11-14-7-5-6-8-15-14/h12-16H,5-11H2,1-4H3. The van der Waals surface area contributed by atoms with E-state index in [0.29, 0.717) is 18.6 Å². The zero-order chi connectivity index (χ0) is 15.2. The van der Waals surface area contributed by atoms with Crippen LogP contribution in [-0.4, -0.2) is 56.8 Å². The monoisotopic (exact) mass is 305 g/mol. The van der Waals surface area contributed by atoms with Gasteiger partial charge in [-0.3, -0.25) is 4.90 Å². The maximum Gasteiger partial charge on any atom is 0.213 e. The van der Waals surface area contributed by atoms with Crippen LogP contribution in [0.5, 0.6) is 0 Å². The molecule has 6 heteroatoms. The molecular formula is C14H31N3O2S. The molecule has 5 nitrogen and oxygen atoms in total. The molecule has 1 atom stereocenters. The van der Waals surface area contributed by atoms with Gasteiger partial charge in [0.1, 0.15) is 0 Å². The van der Waals surface area contributed by atoms with Crippen LogP contribution in [0.25, 0.3) is 0 Å². The van der Waals surface area contributed by atoms with Crippen LogP contribution in [0.2, 0.25) is 0 Å². The van der Waals surface area contributed by atoms with Crippen LogP contribution in [0.3, 0.4) is 0 Å². The zero-order valence-corrected chi connectivity index (χ0v) is 14.2. The van der Waals surface area contributed by atoms with Crippen LogP contribution in [0.4, 0.5) is 0 Å². The summed E-state index contributed by atoms with van der Waals surface area (Å²) in [5, 5.41) is 3.28. The number of piperidine rings is 1. The minimum atomic E-state index is -3.17. The van der Waals surface area contributed by atoms with Crippen molar-refractivity contribution in [2.24, 2.45) is 0 Å². The van der Waals surface area contributed by atoms with E-state index in [1.54, 1.807) is 0 Å². The van der Waals surface area contributed by atoms with Crippen molar-refractivity contribution in [2.75, 3.05) is 25.4 Å². The Labute approximate surface area is 124 Å². The molecule has 0 aliphatic carbocycles. The average molecular weight is 305 g/mol. The highest BCUT2D eigenvalue weighted by molar-refractivity contribution is 7.89. The van der Waals surface area contributed by atoms with E-state index in [4.69, 9.17) is 0 Å². The number of hydrogen-bond donors (Lipinski definition) is 2. The van der Waals surface area contributed by atoms with Crippen LogP contribution < -0.4 is 10.0 Å². The second-order valence-corrected chi connectivity index (χ2v) is 8.10. The first-order valence-electron chi connectivity index (χ1n) is 7.78. The van der Waals surface area contributed by atoms with Gasteiger partial charge in [0.2, 0.25) is 10.0 Å². The Balaban J connectivity index is 2.35. The Kier molecular flexibility index (Phi) is 7.43. The van der Waals surface area contributed by atoms with Crippen LogP contribution in [0, 0.1) is 0 Å². The molecule has 0 spiro atoms. The average Bonchev–Trinajstić information content (AvgIpc) is 2.34. The van der Waals surface area contributed by atoms with E-state index < -0.39 is 10.0 Å². The van der Waals surface area contributed by atoms with E-state index in [1.807, 2.05) is 0 Å². The highest BCUT2D eigenvalue weighted by atomic mass is 32.2. The highest BCUT2D eigenvalue weighted by Gasteiger charge is 2.21. The lowest BCUT2D eigenvalue weighted by molar-refractivity contribution is 0.179. The van der Waals surface area contributed by atoms with Gasteiger partial charge < -0.3 is 5.32 Å². The summed E-state index contributed by atoms with van der Waals surface area (Å²) in [7, 11) is -3.17. The molecule has 1 saturated heterocycles. The fourth-order valence-corrected chi connectivity index (χ4v) is 4.17. The number of nitrogens with zero attached hydrogens (tertiary/aromatic N) is 1. The van der Waals surface area contributed by atoms with E-state index in [2.05, 4.69) is 42.6 Å². The predicted molar refractivity (Wildman–Crippen MR) is 84.4 cm³/mol. The summed E-state index contributed by atoms with van der Waals surface area (Å²) in [4.78, 5) is 2.29. The molecule has 0 amide bonds. The van der Waals surface area contributed by atoms with E-state index in [1.165, 1.54) is 0 Å². The van der Waals surface area contributed by atoms with Gasteiger partial charge in [0.05, 0.1) is 5.75 Å². The summed E-state index contributed by atoms with van der Waals surface area (Å²) in [5.74, 6) is 0.205. The van der Waals surface area contributed by atoms with Crippen LogP contribution >= 0.6 is 0 Å². The van der Waals surface area contributed by atoms with Gasteiger partial charge >= 0.3 is 0 Å². The van der Waals surface area contributed by atoms with Crippen LogP contribution in [0.1, 0.15) is 47.0 Å². The smallest absolute Gasteiger partial charge is 0.213 e. The maximum absolute atomic E-state index is 12.1. The second kappa shape index (κ2) is 8.32. The molecule has 0 saturated carbocycles. The van der Waals surface area contributed by atoms with Crippen LogP contribution in [0.15, 0.2) is 0 Å². The second-order valence-electron chi connectivity index (χ2n) is 6.25. The van der Waals surface area contributed by atoms with Gasteiger partial charge in [0.15, 0.2) is 0 Å². The minimum Gasteiger partial charge on any atom is -0.313 e. The molecule has 1 fully saturated rings. The van der Waals surface area contributed by atoms with E-state index in [-0.39, 0.29) is 11.8 Å². The molecule has 1 heterocycles. The molecule has 0 bridgehead atoms. The zero-order valence-electron chi connectivity index (χ0n) is 13.4. The lowest BCUT2D eigenvalue weighted by Crippen LogP contribution is -2.45. The maximum atomic E-state index is 12.1. The van der Waals surface area contributed by atoms with Gasteiger partial charge in [-0.15, -0.1) is 0 Å². The normalized spacial score (nSPS) is 21.1. The molecule has 1 aliphatic rings. The summed E-state index contributed by atoms with van der Waals surface area (Å²) in [5.41, 5.74) is 0. The Bertz CT molecular complexity index is 355. The van der Waals surface area contributed by atoms with Gasteiger partial charge in [-0.1, -0.05) is 6.42 Å². The molecule has 0 aromatic carbocycles. The molecular weight excluding hydrogens is 274 g/mol. The molecule has 120 valence electrons. The Morgan fingerprint density at radius 2 is 1.85 bits per heavy atom. The fourth-order valence-electron chi connectivity index (χ4n) is 2.83. The van der Waals surface area contributed by atoms with E-state index in [0.717, 1.165) is 32.4 Å². The summed E-state index contributed by atoms with van der Waals surface area (Å²) < 4.78 is 26.8. The first-order valence-corrected chi connectivity index (χ1v) is 9.43. The largest absolute Gasteiger partial charge is 0.313 e. The van der Waals surface area contributed by atoms with Gasteiger partial charge in [-0.05, 0) is 47.1 Å². The Morgan fingerprint density at radius 1 is 1.20 bits per heavy atom. The first-order chi connectivity index (χ1) is 9.32. The van der Waals surface area contributed by atoms with Crippen LogP contribution in [-0.2, 0) is 10.0 Å². The van der Waals surface area contributed by atoms with Crippen molar-refractivity contribution < 1.29 is 8.42 Å². The third-order valence-electron chi connectivity index (χ3n) is 3.85. The van der Waals surface area contributed by atoms with Gasteiger partial charge in [-0.2, -0.15) is 0 Å². The predicted octanol–water partition coefficient (Wildman–Crippen LogP) is 1.17. The molecule has 20 heavy (non-hydrogen) atoms. The van der Waals surface area contributed by atoms with Crippen molar-refractivity contribution in [2.45, 2.75) is 65.1 Å². The number of nitrogens with one attached hydrogen (secondary N) is 2. The Morgan fingerprint density at radius 3 is 2.35 bits per heavy atom. The molecule has 1 aliphatic heterocycles. The summed E-state index contributed by atoms with van der Waals surface area (Å²) >= 11 is 0. The summed E-state index contributed by atoms with van der Waals surface area (Å²) in [6.45, 7) is 10.7. The number of sulfonamides is 1. The van der Waals surface area contributed by atoms with E-state index >= 15 is 0 Å². The first kappa shape index (κ1) is 17.9. The van der Waals surface area contributed by atoms with Crippen molar-refractivity contribution in [1.29, 1.82) is 0 Å². The minimum absolute atomic E-state index is 0.118. The van der Waals surface area contributed by atoms with Crippen molar-refractivity contribution >= 4 is 10.0 Å². The van der Waals surface area contributed by atoms with Gasteiger partial charge in [0.25, 0.3) is 0 Å². The molecule has 0 radical (unpaired) electrons. The number of hydrogen-bond acceptors (Lipinski definition) is 4. The van der Waals surface area contributed by atoms with E-state index in [9.17, 15) is 8.42 Å². The molecule has 0 aromatic heterocycles. The summed E-state index contributed by atoms with van der Waals surface area (Å²) in [6.07, 6.45) is 3.24. The van der Waals surface area contributed by atoms with Crippen molar-refractivity contribution in [3.05, 3.63) is 0 Å². The van der Waals surface area contributed by atoms with Gasteiger partial charge in [-0.25, -0.2) is 13.1 Å². The lowest BCUT2D eigenvalue weighted by atomic mass is 10.1. The van der Waals surface area contributed by atoms with Gasteiger partial charge in [0, 0.05) is 31.2 Å². The lowest BCUT2D eigenvalue weighted by Gasteiger charge is -2.30. The topological polar surface area (TPSA) is 61.4 Å². The summed E-state index contributed by atoms with van der Waals surface area (Å²) in [6, 6.07) is 0.978.